The van der Waals surface area contributed by atoms with Crippen LogP contribution in [0.25, 0.3) is 6.08 Å². The Hall–Kier alpha value is -6.78. The fourth-order valence-electron chi connectivity index (χ4n) is 5.48. The highest BCUT2D eigenvalue weighted by atomic mass is 32.2. The minimum Gasteiger partial charge on any atom is -0.497 e. The SMILES string of the molecule is COc1cc(NC(=O)C(Sc2cccc(NC(=O)/C(=C\c3ccc(OCc4ccccc4)cc3)NC(=O)c3ccccc3)c2)c2ccccc2)cc(OC)c1. The Morgan fingerprint density at radius 3 is 1.93 bits per heavy atom. The molecule has 0 spiro atoms. The Labute approximate surface area is 324 Å². The summed E-state index contributed by atoms with van der Waals surface area (Å²) in [4.78, 5) is 41.7. The number of amides is 3. The van der Waals surface area contributed by atoms with Crippen LogP contribution in [-0.2, 0) is 16.2 Å². The normalized spacial score (nSPS) is 11.5. The molecule has 9 nitrogen and oxygen atoms in total. The number of anilines is 2. The Morgan fingerprint density at radius 1 is 0.636 bits per heavy atom. The summed E-state index contributed by atoms with van der Waals surface area (Å²) in [5.74, 6) is 0.534. The van der Waals surface area contributed by atoms with Gasteiger partial charge in [-0.15, -0.1) is 11.8 Å². The molecule has 0 aromatic heterocycles. The van der Waals surface area contributed by atoms with Gasteiger partial charge in [-0.3, -0.25) is 14.4 Å². The van der Waals surface area contributed by atoms with Crippen LogP contribution in [0.4, 0.5) is 11.4 Å². The molecule has 0 saturated heterocycles. The lowest BCUT2D eigenvalue weighted by Gasteiger charge is -2.18. The zero-order chi connectivity index (χ0) is 38.4. The van der Waals surface area contributed by atoms with E-state index in [1.807, 2.05) is 97.1 Å². The Morgan fingerprint density at radius 2 is 1.27 bits per heavy atom. The molecule has 1 atom stereocenters. The lowest BCUT2D eigenvalue weighted by atomic mass is 10.1. The van der Waals surface area contributed by atoms with E-state index >= 15 is 0 Å². The molecule has 10 heteroatoms. The lowest BCUT2D eigenvalue weighted by molar-refractivity contribution is -0.116. The monoisotopic (exact) mass is 749 g/mol. The Bertz CT molecular complexity index is 2230. The summed E-state index contributed by atoms with van der Waals surface area (Å²) < 4.78 is 16.7. The highest BCUT2D eigenvalue weighted by Gasteiger charge is 2.23. The summed E-state index contributed by atoms with van der Waals surface area (Å²) in [6, 6.07) is 47.6. The summed E-state index contributed by atoms with van der Waals surface area (Å²) in [6.45, 7) is 0.419. The molecule has 3 N–H and O–H groups in total. The number of benzene rings is 6. The van der Waals surface area contributed by atoms with Crippen LogP contribution in [0.2, 0.25) is 0 Å². The zero-order valence-electron chi connectivity index (χ0n) is 30.2. The number of hydrogen-bond donors (Lipinski definition) is 3. The molecule has 6 aromatic carbocycles. The van der Waals surface area contributed by atoms with E-state index in [2.05, 4.69) is 16.0 Å². The number of thioether (sulfide) groups is 1. The standard InChI is InChI=1S/C45H39N3O6S/c1-52-38-26-36(27-39(29-38)53-2)47-45(51)42(33-15-8-4-9-16-33)55-40-20-12-19-35(28-40)46-44(50)41(48-43(49)34-17-10-5-11-18-34)25-31-21-23-37(24-22-31)54-30-32-13-6-3-7-14-32/h3-29,42H,30H2,1-2H3,(H,46,50)(H,47,51)(H,48,49)/b41-25+. The van der Waals surface area contributed by atoms with Gasteiger partial charge in [0.15, 0.2) is 0 Å². The zero-order valence-corrected chi connectivity index (χ0v) is 31.0. The third-order valence-electron chi connectivity index (χ3n) is 8.27. The first kappa shape index (κ1) is 38.0. The largest absolute Gasteiger partial charge is 0.497 e. The first-order chi connectivity index (χ1) is 26.9. The topological polar surface area (TPSA) is 115 Å². The van der Waals surface area contributed by atoms with E-state index in [1.54, 1.807) is 81.0 Å². The molecular formula is C45H39N3O6S. The molecule has 6 aromatic rings. The van der Waals surface area contributed by atoms with Gasteiger partial charge in [-0.1, -0.05) is 97.1 Å². The fraction of sp³-hybridized carbons (Fsp3) is 0.0889. The predicted octanol–water partition coefficient (Wildman–Crippen LogP) is 9.16. The van der Waals surface area contributed by atoms with Crippen molar-refractivity contribution in [3.63, 3.8) is 0 Å². The molecule has 276 valence electrons. The smallest absolute Gasteiger partial charge is 0.272 e. The number of ether oxygens (including phenoxy) is 3. The molecule has 1 unspecified atom stereocenters. The summed E-state index contributed by atoms with van der Waals surface area (Å²) in [5, 5.41) is 8.07. The number of carbonyl (C=O) groups excluding carboxylic acids is 3. The van der Waals surface area contributed by atoms with Crippen molar-refractivity contribution in [1.82, 2.24) is 5.32 Å². The van der Waals surface area contributed by atoms with Crippen LogP contribution in [0.15, 0.2) is 168 Å². The molecule has 0 bridgehead atoms. The molecule has 6 rings (SSSR count). The number of rotatable bonds is 15. The minimum atomic E-state index is -0.649. The molecule has 0 aliphatic heterocycles. The first-order valence-electron chi connectivity index (χ1n) is 17.4. The van der Waals surface area contributed by atoms with Gasteiger partial charge in [0, 0.05) is 40.0 Å². The number of methoxy groups -OCH3 is 2. The van der Waals surface area contributed by atoms with Gasteiger partial charge in [0.05, 0.1) is 14.2 Å². The summed E-state index contributed by atoms with van der Waals surface area (Å²) >= 11 is 1.33. The van der Waals surface area contributed by atoms with Crippen LogP contribution in [-0.4, -0.2) is 31.9 Å². The molecule has 0 radical (unpaired) electrons. The second-order valence-electron chi connectivity index (χ2n) is 12.2. The molecule has 0 saturated carbocycles. The van der Waals surface area contributed by atoms with Crippen molar-refractivity contribution in [3.05, 3.63) is 186 Å². The maximum Gasteiger partial charge on any atom is 0.272 e. The van der Waals surface area contributed by atoms with E-state index in [4.69, 9.17) is 14.2 Å². The number of carbonyl (C=O) groups is 3. The van der Waals surface area contributed by atoms with Crippen molar-refractivity contribution in [1.29, 1.82) is 0 Å². The van der Waals surface area contributed by atoms with Gasteiger partial charge in [0.1, 0.15) is 34.8 Å². The van der Waals surface area contributed by atoms with Gasteiger partial charge in [-0.05, 0) is 65.2 Å². The van der Waals surface area contributed by atoms with Gasteiger partial charge in [0.25, 0.3) is 11.8 Å². The molecule has 3 amide bonds. The molecule has 0 aliphatic rings. The molecule has 0 heterocycles. The van der Waals surface area contributed by atoms with Crippen LogP contribution in [0, 0.1) is 0 Å². The fourth-order valence-corrected chi connectivity index (χ4v) is 6.56. The van der Waals surface area contributed by atoms with E-state index in [1.165, 1.54) is 11.8 Å². The van der Waals surface area contributed by atoms with Crippen molar-refractivity contribution < 1.29 is 28.6 Å². The van der Waals surface area contributed by atoms with Crippen LogP contribution in [0.3, 0.4) is 0 Å². The highest BCUT2D eigenvalue weighted by Crippen LogP contribution is 2.38. The first-order valence-corrected chi connectivity index (χ1v) is 18.3. The molecule has 55 heavy (non-hydrogen) atoms. The van der Waals surface area contributed by atoms with Crippen LogP contribution in [0.1, 0.15) is 32.3 Å². The summed E-state index contributed by atoms with van der Waals surface area (Å²) in [5.41, 5.74) is 3.96. The van der Waals surface area contributed by atoms with Crippen LogP contribution >= 0.6 is 11.8 Å². The van der Waals surface area contributed by atoms with Gasteiger partial charge in [-0.25, -0.2) is 0 Å². The van der Waals surface area contributed by atoms with Crippen molar-refractivity contribution in [3.8, 4) is 17.2 Å². The third kappa shape index (κ3) is 10.9. The van der Waals surface area contributed by atoms with E-state index in [9.17, 15) is 14.4 Å². The average molecular weight is 750 g/mol. The van der Waals surface area contributed by atoms with Crippen molar-refractivity contribution >= 4 is 46.9 Å². The molecule has 0 fully saturated rings. The van der Waals surface area contributed by atoms with Crippen molar-refractivity contribution in [2.45, 2.75) is 16.8 Å². The van der Waals surface area contributed by atoms with Crippen LogP contribution < -0.4 is 30.2 Å². The maximum atomic E-state index is 13.9. The van der Waals surface area contributed by atoms with Gasteiger partial charge >= 0.3 is 0 Å². The van der Waals surface area contributed by atoms with Crippen molar-refractivity contribution in [2.75, 3.05) is 24.9 Å². The quantitative estimate of drug-likeness (QED) is 0.0709. The second-order valence-corrected chi connectivity index (χ2v) is 13.4. The number of hydrogen-bond acceptors (Lipinski definition) is 7. The van der Waals surface area contributed by atoms with E-state index in [-0.39, 0.29) is 11.6 Å². The average Bonchev–Trinajstić information content (AvgIpc) is 3.23. The van der Waals surface area contributed by atoms with Crippen molar-refractivity contribution in [2.24, 2.45) is 0 Å². The van der Waals surface area contributed by atoms with E-state index in [0.29, 0.717) is 46.4 Å². The van der Waals surface area contributed by atoms with Crippen LogP contribution in [0.5, 0.6) is 17.2 Å². The highest BCUT2D eigenvalue weighted by molar-refractivity contribution is 8.00. The van der Waals surface area contributed by atoms with Gasteiger partial charge in [0.2, 0.25) is 5.91 Å². The summed E-state index contributed by atoms with van der Waals surface area (Å²) in [6.07, 6.45) is 1.61. The van der Waals surface area contributed by atoms with Gasteiger partial charge < -0.3 is 30.2 Å². The lowest BCUT2D eigenvalue weighted by Crippen LogP contribution is -2.30. The summed E-state index contributed by atoms with van der Waals surface area (Å²) in [7, 11) is 3.09. The Balaban J connectivity index is 1.21. The van der Waals surface area contributed by atoms with E-state index < -0.39 is 17.1 Å². The molecular weight excluding hydrogens is 711 g/mol. The minimum absolute atomic E-state index is 0.0418. The van der Waals surface area contributed by atoms with Gasteiger partial charge in [-0.2, -0.15) is 0 Å². The molecule has 0 aliphatic carbocycles. The third-order valence-corrected chi connectivity index (χ3v) is 9.52. The second kappa shape index (κ2) is 18.8. The maximum absolute atomic E-state index is 13.9. The Kier molecular flexibility index (Phi) is 13.0. The van der Waals surface area contributed by atoms with E-state index in [0.717, 1.165) is 16.0 Å². The number of nitrogens with one attached hydrogen (secondary N) is 3. The predicted molar refractivity (Wildman–Crippen MR) is 217 cm³/mol.